The van der Waals surface area contributed by atoms with Crippen LogP contribution in [0.15, 0.2) is 87.4 Å². The lowest BCUT2D eigenvalue weighted by atomic mass is 9.83. The molecule has 4 aromatic rings. The molecule has 1 aromatic heterocycles. The number of nitrogens with two attached hydrogens (primary N) is 1. The first-order valence-corrected chi connectivity index (χ1v) is 10.6. The Morgan fingerprint density at radius 1 is 1.03 bits per heavy atom. The van der Waals surface area contributed by atoms with Crippen molar-refractivity contribution in [2.45, 2.75) is 19.0 Å². The molecule has 0 saturated carbocycles. The number of aryl methyl sites for hydroxylation is 1. The van der Waals surface area contributed by atoms with E-state index in [1.807, 2.05) is 13.0 Å². The largest absolute Gasteiger partial charge is 0.439 e. The van der Waals surface area contributed by atoms with Gasteiger partial charge in [-0.25, -0.2) is 4.79 Å². The van der Waals surface area contributed by atoms with Crippen LogP contribution in [0.3, 0.4) is 0 Å². The number of benzene rings is 3. The SMILES string of the molecule is Cc1ccc2oc(=O)c3c(c2c1)OC(N)=C(C#N)C3c1ccc(-c2ccccc2C(F)(F)F)cc1. The van der Waals surface area contributed by atoms with Gasteiger partial charge in [0.1, 0.15) is 17.2 Å². The lowest BCUT2D eigenvalue weighted by molar-refractivity contribution is -0.137. The average Bonchev–Trinajstić information content (AvgIpc) is 2.83. The highest BCUT2D eigenvalue weighted by atomic mass is 19.4. The molecule has 0 aliphatic carbocycles. The van der Waals surface area contributed by atoms with Gasteiger partial charge in [0.15, 0.2) is 5.75 Å². The highest BCUT2D eigenvalue weighted by molar-refractivity contribution is 5.86. The molecule has 0 fully saturated rings. The Labute approximate surface area is 197 Å². The Balaban J connectivity index is 1.69. The van der Waals surface area contributed by atoms with Gasteiger partial charge in [-0.15, -0.1) is 0 Å². The first kappa shape index (κ1) is 22.3. The monoisotopic (exact) mass is 474 g/mol. The molecule has 1 aliphatic rings. The number of hydrogen-bond acceptors (Lipinski definition) is 5. The molecule has 0 bridgehead atoms. The Kier molecular flexibility index (Phi) is 5.13. The second-order valence-corrected chi connectivity index (χ2v) is 8.22. The maximum Gasteiger partial charge on any atom is 0.417 e. The Hall–Kier alpha value is -4.51. The van der Waals surface area contributed by atoms with Crippen LogP contribution in [0, 0.1) is 18.3 Å². The number of alkyl halides is 3. The number of ether oxygens (including phenoxy) is 1. The average molecular weight is 474 g/mol. The summed E-state index contributed by atoms with van der Waals surface area (Å²) in [6.45, 7) is 1.87. The Bertz CT molecular complexity index is 1610. The third kappa shape index (κ3) is 3.71. The Morgan fingerprint density at radius 3 is 2.43 bits per heavy atom. The van der Waals surface area contributed by atoms with E-state index in [1.165, 1.54) is 30.3 Å². The first-order valence-electron chi connectivity index (χ1n) is 10.6. The van der Waals surface area contributed by atoms with Gasteiger partial charge in [0.25, 0.3) is 0 Å². The maximum absolute atomic E-state index is 13.5. The standard InChI is InChI=1S/C27H17F3N2O3/c1-14-6-11-21-18(12-14)24-23(26(33)34-21)22(19(13-31)25(32)35-24)16-9-7-15(8-10-16)17-4-2-3-5-20(17)27(28,29)30/h2-12,22H,32H2,1H3. The highest BCUT2D eigenvalue weighted by Gasteiger charge is 2.36. The molecule has 174 valence electrons. The molecule has 3 aromatic carbocycles. The topological polar surface area (TPSA) is 89.2 Å². The van der Waals surface area contributed by atoms with Crippen LogP contribution in [-0.4, -0.2) is 0 Å². The van der Waals surface area contributed by atoms with Crippen LogP contribution in [0.4, 0.5) is 13.2 Å². The maximum atomic E-state index is 13.5. The molecule has 2 N–H and O–H groups in total. The third-order valence-electron chi connectivity index (χ3n) is 6.01. The van der Waals surface area contributed by atoms with Crippen molar-refractivity contribution in [2.24, 2.45) is 5.73 Å². The second-order valence-electron chi connectivity index (χ2n) is 8.22. The summed E-state index contributed by atoms with van der Waals surface area (Å²) < 4.78 is 51.7. The van der Waals surface area contributed by atoms with Gasteiger partial charge in [-0.3, -0.25) is 0 Å². The van der Waals surface area contributed by atoms with Crippen molar-refractivity contribution in [1.82, 2.24) is 0 Å². The van der Waals surface area contributed by atoms with E-state index in [-0.39, 0.29) is 28.3 Å². The molecule has 2 heterocycles. The zero-order valence-corrected chi connectivity index (χ0v) is 18.3. The smallest absolute Gasteiger partial charge is 0.417 e. The number of hydrogen-bond donors (Lipinski definition) is 1. The number of fused-ring (bicyclic) bond motifs is 3. The first-order chi connectivity index (χ1) is 16.7. The quantitative estimate of drug-likeness (QED) is 0.360. The predicted molar refractivity (Wildman–Crippen MR) is 123 cm³/mol. The van der Waals surface area contributed by atoms with Crippen LogP contribution in [0.5, 0.6) is 5.75 Å². The normalized spacial score (nSPS) is 15.5. The molecular formula is C27H17F3N2O3. The van der Waals surface area contributed by atoms with Gasteiger partial charge in [0.05, 0.1) is 22.4 Å². The van der Waals surface area contributed by atoms with E-state index < -0.39 is 23.3 Å². The van der Waals surface area contributed by atoms with Gasteiger partial charge in [-0.05, 0) is 41.8 Å². The molecule has 0 saturated heterocycles. The van der Waals surface area contributed by atoms with Crippen LogP contribution in [0.2, 0.25) is 0 Å². The molecule has 0 spiro atoms. The van der Waals surface area contributed by atoms with Gasteiger partial charge < -0.3 is 14.9 Å². The fraction of sp³-hybridized carbons (Fsp3) is 0.111. The number of rotatable bonds is 2. The molecule has 8 heteroatoms. The van der Waals surface area contributed by atoms with Crippen LogP contribution in [0.1, 0.15) is 28.2 Å². The summed E-state index contributed by atoms with van der Waals surface area (Å²) in [6.07, 6.45) is -4.52. The van der Waals surface area contributed by atoms with Gasteiger partial charge in [0, 0.05) is 0 Å². The number of allylic oxidation sites excluding steroid dienone is 1. The van der Waals surface area contributed by atoms with Gasteiger partial charge >= 0.3 is 11.8 Å². The predicted octanol–water partition coefficient (Wildman–Crippen LogP) is 6.01. The minimum absolute atomic E-state index is 0.0141. The number of halogens is 3. The molecule has 1 aliphatic heterocycles. The van der Waals surface area contributed by atoms with E-state index >= 15 is 0 Å². The van der Waals surface area contributed by atoms with E-state index in [9.17, 15) is 23.2 Å². The lowest BCUT2D eigenvalue weighted by Gasteiger charge is -2.26. The summed E-state index contributed by atoms with van der Waals surface area (Å²) in [5.41, 5.74) is 6.82. The van der Waals surface area contributed by atoms with Crippen LogP contribution in [-0.2, 0) is 6.18 Å². The van der Waals surface area contributed by atoms with Crippen molar-refractivity contribution in [2.75, 3.05) is 0 Å². The highest BCUT2D eigenvalue weighted by Crippen LogP contribution is 2.44. The molecular weight excluding hydrogens is 457 g/mol. The summed E-state index contributed by atoms with van der Waals surface area (Å²) >= 11 is 0. The van der Waals surface area contributed by atoms with E-state index in [0.29, 0.717) is 22.1 Å². The van der Waals surface area contributed by atoms with Crippen LogP contribution < -0.4 is 16.1 Å². The molecule has 5 nitrogen and oxygen atoms in total. The molecule has 0 amide bonds. The van der Waals surface area contributed by atoms with Crippen molar-refractivity contribution >= 4 is 11.0 Å². The van der Waals surface area contributed by atoms with Crippen molar-refractivity contribution in [1.29, 1.82) is 5.26 Å². The molecule has 35 heavy (non-hydrogen) atoms. The number of nitrogens with zero attached hydrogens (tertiary/aromatic N) is 1. The van der Waals surface area contributed by atoms with Crippen molar-refractivity contribution in [3.05, 3.63) is 111 Å². The molecule has 0 radical (unpaired) electrons. The Morgan fingerprint density at radius 2 is 1.74 bits per heavy atom. The van der Waals surface area contributed by atoms with Gasteiger partial charge in [0.2, 0.25) is 5.88 Å². The van der Waals surface area contributed by atoms with E-state index in [0.717, 1.165) is 11.6 Å². The van der Waals surface area contributed by atoms with E-state index in [2.05, 4.69) is 0 Å². The summed E-state index contributed by atoms with van der Waals surface area (Å²) in [7, 11) is 0. The minimum atomic E-state index is -4.52. The van der Waals surface area contributed by atoms with Crippen molar-refractivity contribution < 1.29 is 22.3 Å². The van der Waals surface area contributed by atoms with E-state index in [4.69, 9.17) is 14.9 Å². The van der Waals surface area contributed by atoms with Crippen molar-refractivity contribution in [3.8, 4) is 22.9 Å². The fourth-order valence-corrected chi connectivity index (χ4v) is 4.40. The minimum Gasteiger partial charge on any atom is -0.439 e. The summed E-state index contributed by atoms with van der Waals surface area (Å²) in [5, 5.41) is 10.3. The van der Waals surface area contributed by atoms with Crippen LogP contribution in [0.25, 0.3) is 22.1 Å². The summed E-state index contributed by atoms with van der Waals surface area (Å²) in [5.74, 6) is -0.852. The molecule has 1 unspecified atom stereocenters. The van der Waals surface area contributed by atoms with Crippen molar-refractivity contribution in [3.63, 3.8) is 0 Å². The summed E-state index contributed by atoms with van der Waals surface area (Å²) in [6, 6.07) is 18.7. The summed E-state index contributed by atoms with van der Waals surface area (Å²) in [4.78, 5) is 13.0. The zero-order chi connectivity index (χ0) is 24.9. The zero-order valence-electron chi connectivity index (χ0n) is 18.3. The fourth-order valence-electron chi connectivity index (χ4n) is 4.40. The second kappa shape index (κ2) is 8.06. The van der Waals surface area contributed by atoms with Gasteiger partial charge in [-0.1, -0.05) is 54.1 Å². The lowest BCUT2D eigenvalue weighted by Crippen LogP contribution is -2.26. The number of nitriles is 1. The van der Waals surface area contributed by atoms with E-state index in [1.54, 1.807) is 30.3 Å². The molecule has 1 atom stereocenters. The van der Waals surface area contributed by atoms with Crippen LogP contribution >= 0.6 is 0 Å². The van der Waals surface area contributed by atoms with Gasteiger partial charge in [-0.2, -0.15) is 18.4 Å². The third-order valence-corrected chi connectivity index (χ3v) is 6.01. The molecule has 5 rings (SSSR count).